The Balaban J connectivity index is -0.000000242. The molecule has 0 spiro atoms. The Morgan fingerprint density at radius 1 is 0.185 bits per heavy atom. The van der Waals surface area contributed by atoms with Gasteiger partial charge in [0.05, 0.1) is 0 Å². The first-order valence-corrected chi connectivity index (χ1v) is 45.3. The van der Waals surface area contributed by atoms with E-state index in [1.807, 2.05) is 321 Å². The van der Waals surface area contributed by atoms with E-state index in [4.69, 9.17) is 0 Å². The lowest BCUT2D eigenvalue weighted by Gasteiger charge is -2.18. The summed E-state index contributed by atoms with van der Waals surface area (Å²) < 4.78 is 0. The van der Waals surface area contributed by atoms with Gasteiger partial charge >= 0.3 is 0 Å². The summed E-state index contributed by atoms with van der Waals surface area (Å²) >= 11 is 0. The molecule has 13 aromatic rings. The molecule has 124 heavy (non-hydrogen) atoms. The maximum atomic E-state index is 10.0. The van der Waals surface area contributed by atoms with Crippen molar-refractivity contribution in [2.24, 2.45) is 0 Å². The van der Waals surface area contributed by atoms with E-state index in [0.717, 1.165) is 49.4 Å². The van der Waals surface area contributed by atoms with Gasteiger partial charge in [-0.3, -0.25) is 9.59 Å². The van der Waals surface area contributed by atoms with Gasteiger partial charge in [-0.05, 0) is 179 Å². The maximum Gasteiger partial charge on any atom is 0.150 e. The van der Waals surface area contributed by atoms with E-state index >= 15 is 0 Å². The summed E-state index contributed by atoms with van der Waals surface area (Å²) in [6, 6.07) is 134. The molecular weight excluding hydrogens is 1520 g/mol. The highest BCUT2D eigenvalue weighted by Crippen LogP contribution is 2.32. The van der Waals surface area contributed by atoms with E-state index in [0.29, 0.717) is 0 Å². The molecule has 0 aromatic heterocycles. The van der Waals surface area contributed by atoms with E-state index in [1.54, 1.807) is 24.3 Å². The third-order valence-corrected chi connectivity index (χ3v) is 16.5. The normalized spacial score (nSPS) is 8.91. The molecule has 0 aliphatic carbocycles. The Bertz CT molecular complexity index is 3690. The van der Waals surface area contributed by atoms with Crippen LogP contribution < -0.4 is 15.9 Å². The van der Waals surface area contributed by atoms with Gasteiger partial charge in [0.2, 0.25) is 0 Å². The second-order valence-corrected chi connectivity index (χ2v) is 28.7. The molecule has 0 saturated heterocycles. The number of hydrogen-bond donors (Lipinski definition) is 0. The second-order valence-electron chi connectivity index (χ2n) is 26.4. The molecule has 0 heterocycles. The zero-order valence-corrected chi connectivity index (χ0v) is 82.3. The topological polar surface area (TPSA) is 47.1 Å². The van der Waals surface area contributed by atoms with Crippen molar-refractivity contribution in [3.63, 3.8) is 0 Å². The maximum absolute atomic E-state index is 10.0. The van der Waals surface area contributed by atoms with Crippen LogP contribution in [0, 0.1) is 0 Å². The van der Waals surface area contributed by atoms with Gasteiger partial charge in [0.25, 0.3) is 0 Å². The molecule has 0 saturated carbocycles. The second kappa shape index (κ2) is 99.1. The average molecular weight is 1690 g/mol. The molecule has 0 radical (unpaired) electrons. The minimum absolute atomic E-state index is 0. The highest BCUT2D eigenvalue weighted by molar-refractivity contribution is 7.79. The molecular formula is C117H167N4O2P. The summed E-state index contributed by atoms with van der Waals surface area (Å²) in [4.78, 5) is 28.0. The summed E-state index contributed by atoms with van der Waals surface area (Å²) in [5.41, 5.74) is 12.0. The summed E-state index contributed by atoms with van der Waals surface area (Å²) in [5.74, 6) is 0. The van der Waals surface area contributed by atoms with E-state index in [-0.39, 0.29) is 7.43 Å². The smallest absolute Gasteiger partial charge is 0.150 e. The van der Waals surface area contributed by atoms with Gasteiger partial charge in [-0.1, -0.05) is 537 Å². The Morgan fingerprint density at radius 3 is 0.387 bits per heavy atom. The monoisotopic (exact) mass is 1690 g/mol. The summed E-state index contributed by atoms with van der Waals surface area (Å²) in [5, 5.41) is 4.19. The first-order valence-electron chi connectivity index (χ1n) is 44.0. The minimum atomic E-state index is -0.446. The lowest BCUT2D eigenvalue weighted by molar-refractivity contribution is 0.111. The van der Waals surface area contributed by atoms with Gasteiger partial charge in [-0.15, -0.1) is 0 Å². The number of carbonyl (C=O) groups is 2. The zero-order valence-electron chi connectivity index (χ0n) is 81.4. The number of hydrogen-bond acceptors (Lipinski definition) is 6. The number of carbonyl (C=O) groups excluding carboxylic acids is 2. The van der Waals surface area contributed by atoms with Crippen LogP contribution in [0.25, 0.3) is 24.3 Å². The van der Waals surface area contributed by atoms with Gasteiger partial charge in [0.1, 0.15) is 12.6 Å². The van der Waals surface area contributed by atoms with Gasteiger partial charge in [0.15, 0.2) is 0 Å². The largest absolute Gasteiger partial charge is 0.312 e. The van der Waals surface area contributed by atoms with Crippen LogP contribution in [0.4, 0.5) is 0 Å². The van der Waals surface area contributed by atoms with Gasteiger partial charge in [-0.25, -0.2) is 0 Å². The summed E-state index contributed by atoms with van der Waals surface area (Å²) in [6.07, 6.45) is 14.7. The first kappa shape index (κ1) is 126. The van der Waals surface area contributed by atoms with Crippen LogP contribution in [0.1, 0.15) is 183 Å². The van der Waals surface area contributed by atoms with Crippen molar-refractivity contribution < 1.29 is 9.59 Å². The molecule has 0 N–H and O–H groups in total. The minimum Gasteiger partial charge on any atom is -0.312 e. The van der Waals surface area contributed by atoms with Crippen LogP contribution in [-0.2, 0) is 25.7 Å². The third kappa shape index (κ3) is 83.2. The number of nitrogens with zero attached hydrogens (tertiary/aromatic N) is 4. The van der Waals surface area contributed by atoms with Crippen LogP contribution in [-0.4, -0.2) is 117 Å². The summed E-state index contributed by atoms with van der Waals surface area (Å²) in [7, 11) is 23.6. The van der Waals surface area contributed by atoms with E-state index in [1.165, 1.54) is 60.4 Å². The fraction of sp³-hybridized carbons (Fsp3) is 0.282. The number of aldehydes is 2. The van der Waals surface area contributed by atoms with Crippen molar-refractivity contribution in [2.75, 3.05) is 84.6 Å². The molecule has 0 aliphatic heterocycles. The number of benzene rings is 13. The van der Waals surface area contributed by atoms with E-state index < -0.39 is 7.92 Å². The fourth-order valence-corrected chi connectivity index (χ4v) is 11.0. The lowest BCUT2D eigenvalue weighted by Crippen LogP contribution is -2.20. The molecule has 0 atom stereocenters. The van der Waals surface area contributed by atoms with Crippen LogP contribution in [0.5, 0.6) is 0 Å². The van der Waals surface area contributed by atoms with E-state index in [2.05, 4.69) is 289 Å². The number of rotatable bonds is 13. The lowest BCUT2D eigenvalue weighted by atomic mass is 10.1. The molecule has 0 unspecified atom stereocenters. The Labute approximate surface area is 763 Å². The van der Waals surface area contributed by atoms with Crippen molar-refractivity contribution in [1.29, 1.82) is 0 Å². The summed E-state index contributed by atoms with van der Waals surface area (Å²) in [6.45, 7) is 32.6. The number of aryl methyl sites for hydroxylation is 4. The highest BCUT2D eigenvalue weighted by atomic mass is 31.1. The van der Waals surface area contributed by atoms with E-state index in [9.17, 15) is 9.59 Å². The van der Waals surface area contributed by atoms with Gasteiger partial charge in [0, 0.05) is 11.1 Å². The van der Waals surface area contributed by atoms with Gasteiger partial charge in [-0.2, -0.15) is 0 Å². The third-order valence-electron chi connectivity index (χ3n) is 14.1. The van der Waals surface area contributed by atoms with Crippen molar-refractivity contribution >= 4 is 60.7 Å². The zero-order chi connectivity index (χ0) is 93.4. The molecule has 0 fully saturated rings. The molecule has 13 aromatic carbocycles. The van der Waals surface area contributed by atoms with Crippen LogP contribution in [0.3, 0.4) is 0 Å². The highest BCUT2D eigenvalue weighted by Gasteiger charge is 2.15. The molecule has 13 rings (SSSR count). The fourth-order valence-electron chi connectivity index (χ4n) is 8.74. The van der Waals surface area contributed by atoms with Crippen molar-refractivity contribution in [2.45, 2.75) is 144 Å². The molecule has 0 amide bonds. The quantitative estimate of drug-likeness (QED) is 0.0651. The molecule has 6 nitrogen and oxygen atoms in total. The van der Waals surface area contributed by atoms with Crippen LogP contribution >= 0.6 is 7.92 Å². The average Bonchev–Trinajstić information content (AvgIpc) is 0.819. The van der Waals surface area contributed by atoms with Crippen LogP contribution in [0.2, 0.25) is 0 Å². The SMILES string of the molecule is C.C(=Cc1ccccc1)c1ccccc1.C(=Cc1ccccc1)c1ccccc1.CC.CC.CC.CC.CC.CC.CCc1ccccc1.CCc1ccccc1.CCc1ccccc1.CCc1ccccc1.CN(C)C.CN(C)C.CN(C)C.CN(C)C.O=Cc1ccccc1.O=Cc1ccccc1.c1ccc(P(c2ccccc2)c2ccccc2)cc1. The van der Waals surface area contributed by atoms with Crippen molar-refractivity contribution in [1.82, 2.24) is 19.6 Å². The Hall–Kier alpha value is -11.1. The molecule has 0 aliphatic rings. The van der Waals surface area contributed by atoms with Crippen molar-refractivity contribution in [3.8, 4) is 0 Å². The standard InChI is InChI=1S/C18H15P.2C14H12.4C8H10.2C7H6O.4C3H9N.6C2H6.CH4/c1-4-10-16(11-5-1)19(17-12-6-2-7-13-17)18-14-8-3-9-15-18;2*1-3-7-13(8-4-1)11-12-14-9-5-2-6-10-14;4*1-2-8-6-4-3-5-7-8;2*8-6-7-4-2-1-3-5-7;4*1-4(2)3;6*1-2;/h1-15H;2*1-12H;4*3-7H,2H2,1H3;2*1-6H;4*1-3H3;6*1-2H3;1H4. The van der Waals surface area contributed by atoms with Gasteiger partial charge < -0.3 is 19.6 Å². The Kier molecular flexibility index (Phi) is 101. The van der Waals surface area contributed by atoms with Crippen molar-refractivity contribution in [3.05, 3.63) is 450 Å². The first-order chi connectivity index (χ1) is 59.9. The predicted octanol–water partition coefficient (Wildman–Crippen LogP) is 30.7. The molecule has 0 bridgehead atoms. The van der Waals surface area contributed by atoms with Crippen LogP contribution in [0.15, 0.2) is 394 Å². The predicted molar refractivity (Wildman–Crippen MR) is 569 cm³/mol. The molecule has 672 valence electrons. The molecule has 7 heteroatoms. The Morgan fingerprint density at radius 2 is 0.290 bits per heavy atom.